The van der Waals surface area contributed by atoms with Crippen LogP contribution < -0.4 is 10.3 Å². The summed E-state index contributed by atoms with van der Waals surface area (Å²) < 4.78 is 1.96. The number of aromatic nitrogens is 2. The van der Waals surface area contributed by atoms with Gasteiger partial charge in [0.25, 0.3) is 5.91 Å². The van der Waals surface area contributed by atoms with Gasteiger partial charge in [-0.25, -0.2) is 4.98 Å². The third-order valence-electron chi connectivity index (χ3n) is 3.91. The minimum Gasteiger partial charge on any atom is -0.317 e. The van der Waals surface area contributed by atoms with Crippen LogP contribution in [0.1, 0.15) is 37.6 Å². The number of rotatable bonds is 5. The van der Waals surface area contributed by atoms with Gasteiger partial charge in [-0.05, 0) is 37.1 Å². The monoisotopic (exact) mass is 325 g/mol. The number of nitrogens with one attached hydrogen (secondary N) is 1. The number of nitrogens with zero attached hydrogens (tertiary/aromatic N) is 4. The molecule has 0 radical (unpaired) electrons. The smallest absolute Gasteiger partial charge is 0.257 e. The molecule has 24 heavy (non-hydrogen) atoms. The molecule has 1 aliphatic rings. The minimum absolute atomic E-state index is 0.154. The molecule has 1 aromatic carbocycles. The maximum Gasteiger partial charge on any atom is 0.257 e. The van der Waals surface area contributed by atoms with Gasteiger partial charge in [0.05, 0.1) is 5.69 Å². The molecule has 2 aromatic rings. The van der Waals surface area contributed by atoms with E-state index in [0.717, 1.165) is 30.9 Å². The molecule has 1 aliphatic heterocycles. The van der Waals surface area contributed by atoms with Crippen LogP contribution in [0.15, 0.2) is 41.8 Å². The third kappa shape index (κ3) is 3.64. The maximum atomic E-state index is 12.4. The van der Waals surface area contributed by atoms with Crippen LogP contribution in [0.2, 0.25) is 0 Å². The Bertz CT molecular complexity index is 745. The topological polar surface area (TPSA) is 62.5 Å². The van der Waals surface area contributed by atoms with Crippen molar-refractivity contribution in [1.82, 2.24) is 9.55 Å². The normalized spacial score (nSPS) is 14.2. The summed E-state index contributed by atoms with van der Waals surface area (Å²) in [6.07, 6.45) is 4.57. The lowest BCUT2D eigenvalue weighted by Gasteiger charge is -2.14. The summed E-state index contributed by atoms with van der Waals surface area (Å²) in [5.41, 5.74) is 2.75. The summed E-state index contributed by atoms with van der Waals surface area (Å²) in [6, 6.07) is 7.50. The third-order valence-corrected chi connectivity index (χ3v) is 3.91. The van der Waals surface area contributed by atoms with E-state index < -0.39 is 0 Å². The molecule has 2 heterocycles. The Balaban J connectivity index is 1.68. The molecule has 0 aliphatic carbocycles. The minimum atomic E-state index is -0.154. The second kappa shape index (κ2) is 6.86. The zero-order chi connectivity index (χ0) is 17.1. The van der Waals surface area contributed by atoms with Gasteiger partial charge in [-0.15, -0.1) is 0 Å². The molecule has 0 atom stereocenters. The summed E-state index contributed by atoms with van der Waals surface area (Å²) in [4.78, 5) is 16.7. The molecule has 0 saturated heterocycles. The van der Waals surface area contributed by atoms with Crippen molar-refractivity contribution in [2.45, 2.75) is 33.7 Å². The number of amides is 1. The van der Waals surface area contributed by atoms with Gasteiger partial charge in [-0.1, -0.05) is 13.8 Å². The molecule has 3 rings (SSSR count). The van der Waals surface area contributed by atoms with Crippen LogP contribution in [-0.2, 0) is 6.54 Å². The first kappa shape index (κ1) is 16.2. The van der Waals surface area contributed by atoms with Crippen molar-refractivity contribution in [2.24, 2.45) is 11.0 Å². The SMILES string of the molecule is CC1=NN(c2ccc(C(=O)Nc3nccn3CC(C)C)cc2)CC1. The fourth-order valence-electron chi connectivity index (χ4n) is 2.69. The zero-order valence-electron chi connectivity index (χ0n) is 14.4. The van der Waals surface area contributed by atoms with Crippen LogP contribution in [0.5, 0.6) is 0 Å². The van der Waals surface area contributed by atoms with Crippen molar-refractivity contribution < 1.29 is 4.79 Å². The van der Waals surface area contributed by atoms with Gasteiger partial charge in [0, 0.05) is 43.2 Å². The van der Waals surface area contributed by atoms with Crippen molar-refractivity contribution in [3.8, 4) is 0 Å². The van der Waals surface area contributed by atoms with E-state index in [4.69, 9.17) is 0 Å². The first-order chi connectivity index (χ1) is 11.5. The summed E-state index contributed by atoms with van der Waals surface area (Å²) in [7, 11) is 0. The molecule has 6 heteroatoms. The van der Waals surface area contributed by atoms with E-state index in [1.54, 1.807) is 6.20 Å². The van der Waals surface area contributed by atoms with Gasteiger partial charge in [-0.2, -0.15) is 5.10 Å². The summed E-state index contributed by atoms with van der Waals surface area (Å²) >= 11 is 0. The summed E-state index contributed by atoms with van der Waals surface area (Å²) in [6.45, 7) is 8.01. The quantitative estimate of drug-likeness (QED) is 0.916. The molecular formula is C18H23N5O. The van der Waals surface area contributed by atoms with Crippen molar-refractivity contribution in [1.29, 1.82) is 0 Å². The van der Waals surface area contributed by atoms with Crippen LogP contribution in [0.4, 0.5) is 11.6 Å². The van der Waals surface area contributed by atoms with Gasteiger partial charge in [0.1, 0.15) is 0 Å². The first-order valence-corrected chi connectivity index (χ1v) is 8.27. The molecule has 126 valence electrons. The largest absolute Gasteiger partial charge is 0.317 e. The Morgan fingerprint density at radius 3 is 2.67 bits per heavy atom. The Morgan fingerprint density at radius 2 is 2.04 bits per heavy atom. The van der Waals surface area contributed by atoms with Crippen molar-refractivity contribution in [3.05, 3.63) is 42.2 Å². The Kier molecular flexibility index (Phi) is 4.64. The highest BCUT2D eigenvalue weighted by Gasteiger charge is 2.14. The standard InChI is InChI=1S/C18H23N5O/c1-13(2)12-22-11-9-19-18(22)20-17(24)15-4-6-16(7-5-15)23-10-8-14(3)21-23/h4-7,9,11,13H,8,10,12H2,1-3H3,(H,19,20,24). The number of hydrazone groups is 1. The van der Waals surface area contributed by atoms with Gasteiger partial charge in [-0.3, -0.25) is 15.1 Å². The van der Waals surface area contributed by atoms with E-state index in [1.807, 2.05) is 47.0 Å². The van der Waals surface area contributed by atoms with Gasteiger partial charge >= 0.3 is 0 Å². The van der Waals surface area contributed by atoms with Gasteiger partial charge in [0.15, 0.2) is 0 Å². The predicted octanol–water partition coefficient (Wildman–Crippen LogP) is 3.38. The van der Waals surface area contributed by atoms with E-state index in [-0.39, 0.29) is 5.91 Å². The number of carbonyl (C=O) groups is 1. The van der Waals surface area contributed by atoms with E-state index >= 15 is 0 Å². The molecule has 1 amide bonds. The fourth-order valence-corrected chi connectivity index (χ4v) is 2.69. The molecule has 0 bridgehead atoms. The Hall–Kier alpha value is -2.63. The van der Waals surface area contributed by atoms with E-state index in [1.165, 1.54) is 0 Å². The van der Waals surface area contributed by atoms with E-state index in [9.17, 15) is 4.79 Å². The number of imidazole rings is 1. The highest BCUT2D eigenvalue weighted by molar-refractivity contribution is 6.03. The lowest BCUT2D eigenvalue weighted by molar-refractivity contribution is 0.102. The number of hydrogen-bond donors (Lipinski definition) is 1. The molecule has 1 aromatic heterocycles. The highest BCUT2D eigenvalue weighted by Crippen LogP contribution is 2.20. The van der Waals surface area contributed by atoms with E-state index in [2.05, 4.69) is 29.2 Å². The van der Waals surface area contributed by atoms with Crippen LogP contribution in [0.3, 0.4) is 0 Å². The van der Waals surface area contributed by atoms with Crippen molar-refractivity contribution in [2.75, 3.05) is 16.9 Å². The summed E-state index contributed by atoms with van der Waals surface area (Å²) in [5.74, 6) is 0.912. The number of hydrogen-bond acceptors (Lipinski definition) is 4. The average molecular weight is 325 g/mol. The van der Waals surface area contributed by atoms with Gasteiger partial charge in [0.2, 0.25) is 5.95 Å². The zero-order valence-corrected chi connectivity index (χ0v) is 14.4. The van der Waals surface area contributed by atoms with Crippen molar-refractivity contribution >= 4 is 23.3 Å². The van der Waals surface area contributed by atoms with Crippen LogP contribution in [-0.4, -0.2) is 27.7 Å². The number of benzene rings is 1. The molecule has 1 N–H and O–H groups in total. The molecule has 0 spiro atoms. The predicted molar refractivity (Wildman–Crippen MR) is 96.5 cm³/mol. The summed E-state index contributed by atoms with van der Waals surface area (Å²) in [5, 5.41) is 9.31. The van der Waals surface area contributed by atoms with E-state index in [0.29, 0.717) is 17.4 Å². The second-order valence-electron chi connectivity index (χ2n) is 6.51. The van der Waals surface area contributed by atoms with Crippen molar-refractivity contribution in [3.63, 3.8) is 0 Å². The van der Waals surface area contributed by atoms with Gasteiger partial charge < -0.3 is 4.57 Å². The first-order valence-electron chi connectivity index (χ1n) is 8.27. The molecule has 0 unspecified atom stereocenters. The number of carbonyl (C=O) groups excluding carboxylic acids is 1. The lowest BCUT2D eigenvalue weighted by Crippen LogP contribution is -2.17. The maximum absolute atomic E-state index is 12.4. The lowest BCUT2D eigenvalue weighted by atomic mass is 10.2. The molecule has 0 fully saturated rings. The fraction of sp³-hybridized carbons (Fsp3) is 0.389. The Morgan fingerprint density at radius 1 is 1.29 bits per heavy atom. The average Bonchev–Trinajstić information content (AvgIpc) is 3.16. The van der Waals surface area contributed by atoms with Crippen LogP contribution >= 0.6 is 0 Å². The molecule has 6 nitrogen and oxygen atoms in total. The number of anilines is 2. The van der Waals surface area contributed by atoms with Crippen LogP contribution in [0.25, 0.3) is 0 Å². The molecule has 0 saturated carbocycles. The molecular weight excluding hydrogens is 302 g/mol. The highest BCUT2D eigenvalue weighted by atomic mass is 16.1. The Labute approximate surface area is 142 Å². The second-order valence-corrected chi connectivity index (χ2v) is 6.51. The van der Waals surface area contributed by atoms with Crippen LogP contribution in [0, 0.1) is 5.92 Å².